The summed E-state index contributed by atoms with van der Waals surface area (Å²) in [6, 6.07) is 0. The van der Waals surface area contributed by atoms with Crippen molar-refractivity contribution in [2.45, 2.75) is 27.3 Å². The molecule has 1 N–H and O–H groups in total. The topological polar surface area (TPSA) is 68.0 Å². The molecule has 0 aliphatic heterocycles. The van der Waals surface area contributed by atoms with E-state index >= 15 is 0 Å². The third-order valence-electron chi connectivity index (χ3n) is 1.83. The highest BCUT2D eigenvalue weighted by Crippen LogP contribution is 2.02. The highest BCUT2D eigenvalue weighted by molar-refractivity contribution is 5.69. The van der Waals surface area contributed by atoms with Crippen LogP contribution in [0.4, 0.5) is 0 Å². The number of hydrogen-bond acceptors (Lipinski definition) is 3. The number of carbonyl (C=O) groups is 1. The number of nitrogens with zero attached hydrogens (tertiary/aromatic N) is 3. The lowest BCUT2D eigenvalue weighted by molar-refractivity contribution is -0.141. The molecule has 5 heteroatoms. The van der Waals surface area contributed by atoms with E-state index in [1.54, 1.807) is 18.5 Å². The second-order valence-corrected chi connectivity index (χ2v) is 3.13. The molecule has 1 atom stereocenters. The Balaban J connectivity index is 2.74. The molecule has 1 aromatic rings. The summed E-state index contributed by atoms with van der Waals surface area (Å²) in [7, 11) is 0. The first-order valence-electron chi connectivity index (χ1n) is 4.11. The lowest BCUT2D eigenvalue weighted by Crippen LogP contribution is -2.18. The second-order valence-electron chi connectivity index (χ2n) is 3.13. The Morgan fingerprint density at radius 3 is 2.62 bits per heavy atom. The zero-order valence-electron chi connectivity index (χ0n) is 7.98. The Bertz CT molecular complexity index is 319. The van der Waals surface area contributed by atoms with Crippen LogP contribution in [0, 0.1) is 19.8 Å². The van der Waals surface area contributed by atoms with Crippen molar-refractivity contribution in [2.75, 3.05) is 0 Å². The molecule has 0 amide bonds. The maximum atomic E-state index is 10.6. The molecule has 0 aromatic carbocycles. The fourth-order valence-electron chi connectivity index (χ4n) is 1.07. The number of carboxylic acid groups (broad SMARTS) is 1. The molecule has 1 heterocycles. The van der Waals surface area contributed by atoms with E-state index in [-0.39, 0.29) is 0 Å². The van der Waals surface area contributed by atoms with Crippen molar-refractivity contribution >= 4 is 5.97 Å². The summed E-state index contributed by atoms with van der Waals surface area (Å²) in [5.74, 6) is 0.188. The average Bonchev–Trinajstić information content (AvgIpc) is 2.30. The zero-order valence-corrected chi connectivity index (χ0v) is 7.98. The van der Waals surface area contributed by atoms with E-state index in [0.717, 1.165) is 5.82 Å². The molecule has 0 saturated carbocycles. The average molecular weight is 183 g/mol. The van der Waals surface area contributed by atoms with Crippen molar-refractivity contribution in [3.63, 3.8) is 0 Å². The Morgan fingerprint density at radius 2 is 2.23 bits per heavy atom. The molecule has 0 radical (unpaired) electrons. The summed E-state index contributed by atoms with van der Waals surface area (Å²) < 4.78 is 1.62. The molecule has 0 aliphatic carbocycles. The van der Waals surface area contributed by atoms with Crippen molar-refractivity contribution in [1.29, 1.82) is 0 Å². The molecule has 5 nitrogen and oxygen atoms in total. The van der Waals surface area contributed by atoms with E-state index < -0.39 is 11.9 Å². The number of aryl methyl sites for hydroxylation is 2. The fourth-order valence-corrected chi connectivity index (χ4v) is 1.07. The zero-order chi connectivity index (χ0) is 10.0. The third kappa shape index (κ3) is 2.27. The highest BCUT2D eigenvalue weighted by atomic mass is 16.4. The van der Waals surface area contributed by atoms with E-state index in [9.17, 15) is 4.79 Å². The number of aliphatic carboxylic acids is 1. The molecule has 72 valence electrons. The van der Waals surface area contributed by atoms with Gasteiger partial charge in [0.15, 0.2) is 0 Å². The quantitative estimate of drug-likeness (QED) is 0.745. The van der Waals surface area contributed by atoms with Gasteiger partial charge in [-0.25, -0.2) is 9.67 Å². The normalized spacial score (nSPS) is 12.8. The monoisotopic (exact) mass is 183 g/mol. The van der Waals surface area contributed by atoms with Gasteiger partial charge in [-0.3, -0.25) is 4.79 Å². The van der Waals surface area contributed by atoms with Crippen molar-refractivity contribution in [3.05, 3.63) is 11.6 Å². The van der Waals surface area contributed by atoms with Gasteiger partial charge >= 0.3 is 5.97 Å². The van der Waals surface area contributed by atoms with Crippen LogP contribution < -0.4 is 0 Å². The molecular weight excluding hydrogens is 170 g/mol. The van der Waals surface area contributed by atoms with Crippen LogP contribution in [0.25, 0.3) is 0 Å². The van der Waals surface area contributed by atoms with Gasteiger partial charge in [0.2, 0.25) is 0 Å². The molecule has 1 rings (SSSR count). The van der Waals surface area contributed by atoms with Crippen LogP contribution in [-0.2, 0) is 11.3 Å². The first-order chi connectivity index (χ1) is 6.00. The lowest BCUT2D eigenvalue weighted by Gasteiger charge is -2.06. The van der Waals surface area contributed by atoms with Crippen molar-refractivity contribution in [2.24, 2.45) is 5.92 Å². The third-order valence-corrected chi connectivity index (χ3v) is 1.83. The Hall–Kier alpha value is -1.39. The maximum Gasteiger partial charge on any atom is 0.308 e. The van der Waals surface area contributed by atoms with Gasteiger partial charge in [-0.2, -0.15) is 5.10 Å². The molecule has 0 unspecified atom stereocenters. The minimum absolute atomic E-state index is 0.377. The van der Waals surface area contributed by atoms with E-state index in [2.05, 4.69) is 10.1 Å². The minimum atomic E-state index is -0.812. The van der Waals surface area contributed by atoms with Crippen molar-refractivity contribution < 1.29 is 9.90 Å². The van der Waals surface area contributed by atoms with Gasteiger partial charge in [-0.15, -0.1) is 0 Å². The smallest absolute Gasteiger partial charge is 0.308 e. The molecule has 1 aromatic heterocycles. The first-order valence-corrected chi connectivity index (χ1v) is 4.11. The van der Waals surface area contributed by atoms with Crippen LogP contribution in [0.2, 0.25) is 0 Å². The molecule has 0 spiro atoms. The van der Waals surface area contributed by atoms with Crippen LogP contribution in [0.15, 0.2) is 0 Å². The summed E-state index contributed by atoms with van der Waals surface area (Å²) in [6.07, 6.45) is 0. The van der Waals surface area contributed by atoms with E-state index in [4.69, 9.17) is 5.11 Å². The van der Waals surface area contributed by atoms with E-state index in [1.165, 1.54) is 0 Å². The molecular formula is C8H13N3O2. The van der Waals surface area contributed by atoms with Gasteiger partial charge < -0.3 is 5.11 Å². The van der Waals surface area contributed by atoms with Crippen LogP contribution in [0.1, 0.15) is 18.6 Å². The number of carboxylic acids is 1. The first kappa shape index (κ1) is 9.70. The Morgan fingerprint density at radius 1 is 1.62 bits per heavy atom. The maximum absolute atomic E-state index is 10.6. The van der Waals surface area contributed by atoms with Crippen molar-refractivity contribution in [3.8, 4) is 0 Å². The van der Waals surface area contributed by atoms with E-state index in [1.807, 2.05) is 6.92 Å². The van der Waals surface area contributed by atoms with Gasteiger partial charge in [0.1, 0.15) is 11.6 Å². The van der Waals surface area contributed by atoms with Crippen LogP contribution in [-0.4, -0.2) is 25.8 Å². The Kier molecular flexibility index (Phi) is 2.65. The number of rotatable bonds is 3. The summed E-state index contributed by atoms with van der Waals surface area (Å²) in [4.78, 5) is 14.6. The lowest BCUT2D eigenvalue weighted by atomic mass is 10.2. The summed E-state index contributed by atoms with van der Waals surface area (Å²) in [6.45, 7) is 5.63. The number of hydrogen-bond donors (Lipinski definition) is 1. The largest absolute Gasteiger partial charge is 0.481 e. The van der Waals surface area contributed by atoms with Gasteiger partial charge in [0, 0.05) is 0 Å². The van der Waals surface area contributed by atoms with Gasteiger partial charge in [0.25, 0.3) is 0 Å². The highest BCUT2D eigenvalue weighted by Gasteiger charge is 2.13. The van der Waals surface area contributed by atoms with Crippen LogP contribution >= 0.6 is 0 Å². The summed E-state index contributed by atoms with van der Waals surface area (Å²) >= 11 is 0. The van der Waals surface area contributed by atoms with Crippen LogP contribution in [0.5, 0.6) is 0 Å². The molecule has 0 aliphatic rings. The number of aromatic nitrogens is 3. The molecule has 13 heavy (non-hydrogen) atoms. The van der Waals surface area contributed by atoms with Gasteiger partial charge in [0.05, 0.1) is 12.5 Å². The molecule has 0 saturated heterocycles. The molecule has 0 bridgehead atoms. The predicted octanol–water partition coefficient (Wildman–Crippen LogP) is 0.616. The standard InChI is InChI=1S/C8H13N3O2/c1-5(8(12)13)4-11-7(3)9-6(2)10-11/h5H,4H2,1-3H3,(H,12,13)/t5-/m0/s1. The van der Waals surface area contributed by atoms with Crippen LogP contribution in [0.3, 0.4) is 0 Å². The summed E-state index contributed by atoms with van der Waals surface area (Å²) in [5, 5.41) is 12.8. The van der Waals surface area contributed by atoms with Gasteiger partial charge in [-0.05, 0) is 13.8 Å². The Labute approximate surface area is 76.4 Å². The minimum Gasteiger partial charge on any atom is -0.481 e. The van der Waals surface area contributed by atoms with E-state index in [0.29, 0.717) is 12.4 Å². The second kappa shape index (κ2) is 3.55. The summed E-state index contributed by atoms with van der Waals surface area (Å²) in [5.41, 5.74) is 0. The fraction of sp³-hybridized carbons (Fsp3) is 0.625. The van der Waals surface area contributed by atoms with Crippen molar-refractivity contribution in [1.82, 2.24) is 14.8 Å². The van der Waals surface area contributed by atoms with Gasteiger partial charge in [-0.1, -0.05) is 6.92 Å². The predicted molar refractivity (Wildman–Crippen MR) is 46.3 cm³/mol. The SMILES string of the molecule is Cc1nc(C)n(C[C@H](C)C(=O)O)n1. The molecule has 0 fully saturated rings.